The van der Waals surface area contributed by atoms with Crippen molar-refractivity contribution in [3.05, 3.63) is 64.5 Å². The van der Waals surface area contributed by atoms with Crippen molar-refractivity contribution in [2.75, 3.05) is 26.2 Å². The summed E-state index contributed by atoms with van der Waals surface area (Å²) >= 11 is 0. The van der Waals surface area contributed by atoms with Crippen LogP contribution in [0.4, 0.5) is 0 Å². The number of likely N-dealkylation sites (tertiary alicyclic amines) is 1. The van der Waals surface area contributed by atoms with Gasteiger partial charge < -0.3 is 23.9 Å². The first-order valence-corrected chi connectivity index (χ1v) is 11.0. The van der Waals surface area contributed by atoms with Crippen LogP contribution in [0.5, 0.6) is 17.2 Å². The maximum atomic E-state index is 12.8. The van der Waals surface area contributed by atoms with Gasteiger partial charge in [0.2, 0.25) is 11.2 Å². The Hall–Kier alpha value is -2.83. The second-order valence-electron chi connectivity index (χ2n) is 8.34. The van der Waals surface area contributed by atoms with Crippen molar-refractivity contribution < 1.29 is 23.9 Å². The number of hydrogen-bond donors (Lipinski definition) is 2. The van der Waals surface area contributed by atoms with Gasteiger partial charge in [-0.2, -0.15) is 0 Å². The highest BCUT2D eigenvalue weighted by molar-refractivity contribution is 5.79. The van der Waals surface area contributed by atoms with Crippen LogP contribution in [0.25, 0.3) is 11.0 Å². The number of hydrogen-bond acceptors (Lipinski definition) is 5. The van der Waals surface area contributed by atoms with Crippen molar-refractivity contribution in [3.63, 3.8) is 0 Å². The number of rotatable bonds is 7. The van der Waals surface area contributed by atoms with Gasteiger partial charge in [-0.15, -0.1) is 0 Å². The fourth-order valence-electron chi connectivity index (χ4n) is 4.07. The minimum atomic E-state index is -0.527. The molecule has 6 nitrogen and oxygen atoms in total. The lowest BCUT2D eigenvalue weighted by molar-refractivity contribution is -0.902. The maximum absolute atomic E-state index is 12.8. The molecule has 1 aliphatic rings. The lowest BCUT2D eigenvalue weighted by Gasteiger charge is -2.20. The van der Waals surface area contributed by atoms with E-state index in [9.17, 15) is 9.90 Å². The van der Waals surface area contributed by atoms with E-state index in [1.54, 1.807) is 24.3 Å². The SMILES string of the molecule is Cc1cccc(Oc2coc3cc(OC[C@H](O)C[NH+]4CCCCCC4)ccc3c2=O)c1. The molecule has 2 aromatic carbocycles. The third-order valence-electron chi connectivity index (χ3n) is 5.71. The molecule has 0 spiro atoms. The van der Waals surface area contributed by atoms with E-state index in [0.29, 0.717) is 29.0 Å². The number of aliphatic hydroxyl groups is 1. The van der Waals surface area contributed by atoms with Gasteiger partial charge in [0.05, 0.1) is 18.5 Å². The van der Waals surface area contributed by atoms with Crippen LogP contribution in [-0.4, -0.2) is 37.5 Å². The zero-order valence-corrected chi connectivity index (χ0v) is 17.9. The van der Waals surface area contributed by atoms with Gasteiger partial charge in [-0.25, -0.2) is 0 Å². The summed E-state index contributed by atoms with van der Waals surface area (Å²) in [6.45, 7) is 5.11. The first kappa shape index (κ1) is 21.4. The van der Waals surface area contributed by atoms with Gasteiger partial charge in [-0.1, -0.05) is 12.1 Å². The molecule has 0 amide bonds. The molecule has 0 aliphatic carbocycles. The summed E-state index contributed by atoms with van der Waals surface area (Å²) in [5, 5.41) is 10.8. The molecule has 6 heteroatoms. The third kappa shape index (κ3) is 5.66. The zero-order valence-electron chi connectivity index (χ0n) is 17.9. The molecule has 31 heavy (non-hydrogen) atoms. The van der Waals surface area contributed by atoms with E-state index >= 15 is 0 Å². The number of quaternary nitrogens is 1. The van der Waals surface area contributed by atoms with Crippen LogP contribution in [-0.2, 0) is 0 Å². The molecule has 0 bridgehead atoms. The van der Waals surface area contributed by atoms with Gasteiger partial charge in [0.15, 0.2) is 0 Å². The van der Waals surface area contributed by atoms with Crippen LogP contribution in [0, 0.1) is 6.92 Å². The fraction of sp³-hybridized carbons (Fsp3) is 0.400. The van der Waals surface area contributed by atoms with Gasteiger partial charge in [-0.05, 0) is 62.4 Å². The molecule has 1 atom stereocenters. The number of ether oxygens (including phenoxy) is 2. The number of aliphatic hydroxyl groups excluding tert-OH is 1. The van der Waals surface area contributed by atoms with Crippen LogP contribution in [0.15, 0.2) is 57.9 Å². The highest BCUT2D eigenvalue weighted by atomic mass is 16.5. The van der Waals surface area contributed by atoms with Crippen molar-refractivity contribution in [1.29, 1.82) is 0 Å². The summed E-state index contributed by atoms with van der Waals surface area (Å²) in [4.78, 5) is 14.2. The Morgan fingerprint density at radius 2 is 1.87 bits per heavy atom. The minimum absolute atomic E-state index is 0.141. The fourth-order valence-corrected chi connectivity index (χ4v) is 4.07. The summed E-state index contributed by atoms with van der Waals surface area (Å²) in [5.74, 6) is 1.29. The normalized spacial score (nSPS) is 16.1. The molecule has 0 saturated carbocycles. The van der Waals surface area contributed by atoms with Gasteiger partial charge >= 0.3 is 0 Å². The Morgan fingerprint density at radius 1 is 1.06 bits per heavy atom. The lowest BCUT2D eigenvalue weighted by atomic mass is 10.2. The number of benzene rings is 2. The Bertz CT molecular complexity index is 1070. The van der Waals surface area contributed by atoms with Crippen LogP contribution < -0.4 is 19.8 Å². The Balaban J connectivity index is 1.40. The van der Waals surface area contributed by atoms with Crippen LogP contribution >= 0.6 is 0 Å². The van der Waals surface area contributed by atoms with Crippen molar-refractivity contribution >= 4 is 11.0 Å². The summed E-state index contributed by atoms with van der Waals surface area (Å²) in [7, 11) is 0. The van der Waals surface area contributed by atoms with Crippen LogP contribution in [0.1, 0.15) is 31.2 Å². The Morgan fingerprint density at radius 3 is 2.65 bits per heavy atom. The molecule has 3 aromatic rings. The summed E-state index contributed by atoms with van der Waals surface area (Å²) in [6.07, 6.45) is 5.83. The van der Waals surface area contributed by atoms with Gasteiger partial charge in [0.1, 0.15) is 42.6 Å². The highest BCUT2D eigenvalue weighted by Gasteiger charge is 2.18. The number of nitrogens with one attached hydrogen (secondary N) is 1. The molecule has 4 rings (SSSR count). The standard InChI is InChI=1S/C25H29NO5/c1-18-7-6-8-21(13-18)31-24-17-30-23-14-20(9-10-22(23)25(24)28)29-16-19(27)15-26-11-4-2-3-5-12-26/h6-10,13-14,17,19,27H,2-5,11-12,15-16H2,1H3/p+1/t19-/m1/s1. The highest BCUT2D eigenvalue weighted by Crippen LogP contribution is 2.24. The maximum Gasteiger partial charge on any atom is 0.235 e. The lowest BCUT2D eigenvalue weighted by Crippen LogP contribution is -3.13. The summed E-state index contributed by atoms with van der Waals surface area (Å²) in [5.41, 5.74) is 1.23. The van der Waals surface area contributed by atoms with E-state index < -0.39 is 6.10 Å². The molecule has 0 radical (unpaired) electrons. The van der Waals surface area contributed by atoms with Crippen molar-refractivity contribution in [2.24, 2.45) is 0 Å². The summed E-state index contributed by atoms with van der Waals surface area (Å²) < 4.78 is 17.1. The minimum Gasteiger partial charge on any atom is -0.491 e. The average molecular weight is 425 g/mol. The Labute approximate surface area is 182 Å². The van der Waals surface area contributed by atoms with Gasteiger partial charge in [0, 0.05) is 6.07 Å². The predicted octanol–water partition coefficient (Wildman–Crippen LogP) is 3.09. The molecule has 1 fully saturated rings. The van der Waals surface area contributed by atoms with E-state index in [1.807, 2.05) is 25.1 Å². The molecular weight excluding hydrogens is 394 g/mol. The van der Waals surface area contributed by atoms with E-state index in [-0.39, 0.29) is 17.8 Å². The molecule has 164 valence electrons. The molecule has 2 heterocycles. The monoisotopic (exact) mass is 424 g/mol. The third-order valence-corrected chi connectivity index (χ3v) is 5.71. The van der Waals surface area contributed by atoms with Crippen molar-refractivity contribution in [3.8, 4) is 17.2 Å². The molecule has 1 aromatic heterocycles. The van der Waals surface area contributed by atoms with Crippen LogP contribution in [0.2, 0.25) is 0 Å². The van der Waals surface area contributed by atoms with Gasteiger partial charge in [-0.3, -0.25) is 4.79 Å². The Kier molecular flexibility index (Phi) is 6.89. The second-order valence-corrected chi connectivity index (χ2v) is 8.34. The first-order valence-electron chi connectivity index (χ1n) is 11.0. The number of aryl methyl sites for hydroxylation is 1. The van der Waals surface area contributed by atoms with E-state index in [0.717, 1.165) is 18.7 Å². The largest absolute Gasteiger partial charge is 0.491 e. The smallest absolute Gasteiger partial charge is 0.235 e. The van der Waals surface area contributed by atoms with Gasteiger partial charge in [0.25, 0.3) is 0 Å². The number of fused-ring (bicyclic) bond motifs is 1. The first-order chi connectivity index (χ1) is 15.1. The van der Waals surface area contributed by atoms with Crippen molar-refractivity contribution in [2.45, 2.75) is 38.7 Å². The zero-order chi connectivity index (χ0) is 21.6. The van der Waals surface area contributed by atoms with Crippen molar-refractivity contribution in [1.82, 2.24) is 0 Å². The molecule has 1 saturated heterocycles. The topological polar surface area (TPSA) is 73.3 Å². The molecular formula is C25H30NO5+. The predicted molar refractivity (Wildman–Crippen MR) is 119 cm³/mol. The van der Waals surface area contributed by atoms with E-state index in [1.165, 1.54) is 36.8 Å². The van der Waals surface area contributed by atoms with Crippen LogP contribution in [0.3, 0.4) is 0 Å². The summed E-state index contributed by atoms with van der Waals surface area (Å²) in [6, 6.07) is 12.6. The van der Waals surface area contributed by atoms with E-state index in [4.69, 9.17) is 13.9 Å². The average Bonchev–Trinajstić information content (AvgIpc) is 3.03. The quantitative estimate of drug-likeness (QED) is 0.610. The molecule has 1 aliphatic heterocycles. The second kappa shape index (κ2) is 9.98. The molecule has 0 unspecified atom stereocenters. The molecule has 2 N–H and O–H groups in total. The van der Waals surface area contributed by atoms with E-state index in [2.05, 4.69) is 0 Å².